The fourth-order valence-corrected chi connectivity index (χ4v) is 5.24. The van der Waals surface area contributed by atoms with E-state index in [9.17, 15) is 4.21 Å². The first-order chi connectivity index (χ1) is 13.2. The van der Waals surface area contributed by atoms with Crippen LogP contribution in [-0.4, -0.2) is 45.3 Å². The SMILES string of the molecule is CCNC(=NCCc1c[nH]c2ccccc12)NC1CCCC(S(=O)CC)C1.I. The summed E-state index contributed by atoms with van der Waals surface area (Å²) in [6, 6.07) is 8.76. The third-order valence-electron chi connectivity index (χ3n) is 5.29. The molecule has 1 aliphatic carbocycles. The number of aliphatic imine (C=N–C) groups is 1. The summed E-state index contributed by atoms with van der Waals surface area (Å²) >= 11 is 0. The van der Waals surface area contributed by atoms with Gasteiger partial charge in [-0.05, 0) is 44.2 Å². The molecule has 3 atom stereocenters. The van der Waals surface area contributed by atoms with Crippen LogP contribution in [0.3, 0.4) is 0 Å². The van der Waals surface area contributed by atoms with Crippen LogP contribution in [0.25, 0.3) is 10.9 Å². The minimum Gasteiger partial charge on any atom is -0.361 e. The van der Waals surface area contributed by atoms with Crippen molar-refractivity contribution in [3.05, 3.63) is 36.0 Å². The topological polar surface area (TPSA) is 69.3 Å². The number of hydrogen-bond donors (Lipinski definition) is 3. The van der Waals surface area contributed by atoms with E-state index in [-0.39, 0.29) is 24.0 Å². The van der Waals surface area contributed by atoms with Gasteiger partial charge in [-0.25, -0.2) is 0 Å². The fraction of sp³-hybridized carbons (Fsp3) is 0.571. The van der Waals surface area contributed by atoms with Gasteiger partial charge >= 0.3 is 0 Å². The van der Waals surface area contributed by atoms with Crippen molar-refractivity contribution in [2.24, 2.45) is 4.99 Å². The second-order valence-electron chi connectivity index (χ2n) is 7.17. The number of nitrogens with one attached hydrogen (secondary N) is 3. The van der Waals surface area contributed by atoms with Crippen molar-refractivity contribution >= 4 is 51.6 Å². The number of H-pyrrole nitrogens is 1. The van der Waals surface area contributed by atoms with Crippen LogP contribution in [0.15, 0.2) is 35.5 Å². The molecule has 1 aromatic heterocycles. The lowest BCUT2D eigenvalue weighted by Crippen LogP contribution is -2.46. The van der Waals surface area contributed by atoms with Gasteiger partial charge in [0.25, 0.3) is 0 Å². The number of nitrogens with zero attached hydrogens (tertiary/aromatic N) is 1. The Morgan fingerprint density at radius 2 is 2.11 bits per heavy atom. The van der Waals surface area contributed by atoms with Gasteiger partial charge in [-0.3, -0.25) is 9.20 Å². The van der Waals surface area contributed by atoms with Crippen LogP contribution in [-0.2, 0) is 17.2 Å². The van der Waals surface area contributed by atoms with Gasteiger partial charge in [0.05, 0.1) is 0 Å². The number of guanidine groups is 1. The van der Waals surface area contributed by atoms with Crippen LogP contribution in [0.2, 0.25) is 0 Å². The second-order valence-corrected chi connectivity index (χ2v) is 9.17. The van der Waals surface area contributed by atoms with Crippen LogP contribution in [0.5, 0.6) is 0 Å². The van der Waals surface area contributed by atoms with Crippen LogP contribution >= 0.6 is 24.0 Å². The molecule has 0 bridgehead atoms. The van der Waals surface area contributed by atoms with E-state index in [0.717, 1.165) is 56.9 Å². The first kappa shape index (κ1) is 23.2. The lowest BCUT2D eigenvalue weighted by Gasteiger charge is -2.30. The van der Waals surface area contributed by atoms with Gasteiger partial charge in [0.15, 0.2) is 5.96 Å². The predicted octanol–water partition coefficient (Wildman–Crippen LogP) is 3.96. The van der Waals surface area contributed by atoms with Crippen molar-refractivity contribution in [3.63, 3.8) is 0 Å². The molecule has 2 aromatic rings. The average Bonchev–Trinajstić information content (AvgIpc) is 3.11. The van der Waals surface area contributed by atoms with Crippen molar-refractivity contribution in [2.75, 3.05) is 18.8 Å². The second kappa shape index (κ2) is 11.8. The Morgan fingerprint density at radius 1 is 1.29 bits per heavy atom. The molecule has 1 aromatic carbocycles. The van der Waals surface area contributed by atoms with Gasteiger partial charge < -0.3 is 15.6 Å². The van der Waals surface area contributed by atoms with Crippen molar-refractivity contribution in [2.45, 2.75) is 57.2 Å². The third-order valence-corrected chi connectivity index (χ3v) is 7.03. The molecular weight excluding hydrogens is 483 g/mol. The standard InChI is InChI=1S/C21H32N4OS.HI/c1-3-22-21(25-17-8-7-9-18(14-17)27(26)4-2)23-13-12-16-15-24-20-11-6-5-10-19(16)20;/h5-6,10-11,15,17-18,24H,3-4,7-9,12-14H2,1-2H3,(H2,22,23,25);1H. The highest BCUT2D eigenvalue weighted by atomic mass is 127. The average molecular weight is 516 g/mol. The quantitative estimate of drug-likeness (QED) is 0.297. The zero-order chi connectivity index (χ0) is 19.1. The first-order valence-corrected chi connectivity index (χ1v) is 11.6. The summed E-state index contributed by atoms with van der Waals surface area (Å²) in [5.74, 6) is 1.64. The maximum Gasteiger partial charge on any atom is 0.191 e. The number of aromatic amines is 1. The molecule has 0 saturated heterocycles. The number of fused-ring (bicyclic) bond motifs is 1. The summed E-state index contributed by atoms with van der Waals surface area (Å²) in [5, 5.41) is 8.55. The fourth-order valence-electron chi connectivity index (χ4n) is 3.89. The lowest BCUT2D eigenvalue weighted by molar-refractivity contribution is 0.413. The molecule has 3 rings (SSSR count). The Labute approximate surface area is 188 Å². The molecule has 0 radical (unpaired) electrons. The third kappa shape index (κ3) is 6.20. The molecule has 156 valence electrons. The van der Waals surface area contributed by atoms with Gasteiger partial charge in [-0.2, -0.15) is 0 Å². The van der Waals surface area contributed by atoms with E-state index < -0.39 is 10.8 Å². The van der Waals surface area contributed by atoms with E-state index in [1.807, 2.05) is 6.92 Å². The predicted molar refractivity (Wildman–Crippen MR) is 131 cm³/mol. The molecule has 3 unspecified atom stereocenters. The highest BCUT2D eigenvalue weighted by molar-refractivity contribution is 14.0. The zero-order valence-corrected chi connectivity index (χ0v) is 20.0. The van der Waals surface area contributed by atoms with Crippen molar-refractivity contribution in [1.29, 1.82) is 0 Å². The highest BCUT2D eigenvalue weighted by Gasteiger charge is 2.26. The van der Waals surface area contributed by atoms with Gasteiger partial charge in [-0.15, -0.1) is 24.0 Å². The highest BCUT2D eigenvalue weighted by Crippen LogP contribution is 2.23. The minimum atomic E-state index is -0.696. The molecule has 7 heteroatoms. The Hall–Kier alpha value is -1.09. The van der Waals surface area contributed by atoms with Crippen molar-refractivity contribution in [1.82, 2.24) is 15.6 Å². The van der Waals surface area contributed by atoms with Crippen molar-refractivity contribution in [3.8, 4) is 0 Å². The molecular formula is C21H33IN4OS. The number of aromatic nitrogens is 1. The number of rotatable bonds is 7. The lowest BCUT2D eigenvalue weighted by atomic mass is 9.95. The van der Waals surface area contributed by atoms with Gasteiger partial charge in [0.1, 0.15) is 0 Å². The van der Waals surface area contributed by atoms with E-state index in [1.54, 1.807) is 0 Å². The van der Waals surface area contributed by atoms with Gasteiger partial charge in [-0.1, -0.05) is 31.5 Å². The molecule has 3 N–H and O–H groups in total. The Kier molecular flexibility index (Phi) is 9.77. The molecule has 28 heavy (non-hydrogen) atoms. The van der Waals surface area contributed by atoms with Crippen LogP contribution in [0.4, 0.5) is 0 Å². The largest absolute Gasteiger partial charge is 0.361 e. The number of benzene rings is 1. The number of para-hydroxylation sites is 1. The summed E-state index contributed by atoms with van der Waals surface area (Å²) in [6.07, 6.45) is 7.34. The summed E-state index contributed by atoms with van der Waals surface area (Å²) in [5.41, 5.74) is 2.49. The maximum atomic E-state index is 12.2. The van der Waals surface area contributed by atoms with E-state index in [2.05, 4.69) is 53.0 Å². The minimum absolute atomic E-state index is 0. The smallest absolute Gasteiger partial charge is 0.191 e. The van der Waals surface area contributed by atoms with E-state index in [0.29, 0.717) is 11.3 Å². The monoisotopic (exact) mass is 516 g/mol. The normalized spacial score (nSPS) is 21.1. The molecule has 0 aliphatic heterocycles. The Bertz CT molecular complexity index is 792. The van der Waals surface area contributed by atoms with Gasteiger partial charge in [0.2, 0.25) is 0 Å². The summed E-state index contributed by atoms with van der Waals surface area (Å²) in [6.45, 7) is 5.69. The zero-order valence-electron chi connectivity index (χ0n) is 16.9. The Morgan fingerprint density at radius 3 is 2.89 bits per heavy atom. The number of halogens is 1. The van der Waals surface area contributed by atoms with E-state index in [1.165, 1.54) is 16.5 Å². The Balaban J connectivity index is 0.00000280. The summed E-state index contributed by atoms with van der Waals surface area (Å²) in [4.78, 5) is 8.11. The van der Waals surface area contributed by atoms with E-state index in [4.69, 9.17) is 4.99 Å². The maximum absolute atomic E-state index is 12.2. The number of hydrogen-bond acceptors (Lipinski definition) is 2. The van der Waals surface area contributed by atoms with Crippen molar-refractivity contribution < 1.29 is 4.21 Å². The van der Waals surface area contributed by atoms with Crippen LogP contribution < -0.4 is 10.6 Å². The molecule has 1 fully saturated rings. The van der Waals surface area contributed by atoms with E-state index >= 15 is 0 Å². The molecule has 1 heterocycles. The van der Waals surface area contributed by atoms with Gasteiger partial charge in [0, 0.05) is 58.0 Å². The van der Waals surface area contributed by atoms with Crippen LogP contribution in [0.1, 0.15) is 45.1 Å². The summed E-state index contributed by atoms with van der Waals surface area (Å²) < 4.78 is 12.2. The molecule has 1 aliphatic rings. The molecule has 1 saturated carbocycles. The first-order valence-electron chi connectivity index (χ1n) is 10.2. The molecule has 0 spiro atoms. The molecule has 5 nitrogen and oxygen atoms in total. The molecule has 0 amide bonds. The summed E-state index contributed by atoms with van der Waals surface area (Å²) in [7, 11) is -0.696. The van der Waals surface area contributed by atoms with Crippen LogP contribution in [0, 0.1) is 0 Å².